The monoisotopic (exact) mass is 303 g/mol. The Hall–Kier alpha value is -0.170. The van der Waals surface area contributed by atoms with E-state index in [1.165, 1.54) is 0 Å². The first-order valence-corrected chi connectivity index (χ1v) is 9.43. The molecule has 5 nitrogen and oxygen atoms in total. The highest BCUT2D eigenvalue weighted by Gasteiger charge is 2.32. The van der Waals surface area contributed by atoms with Gasteiger partial charge in [-0.25, -0.2) is 0 Å². The van der Waals surface area contributed by atoms with Gasteiger partial charge < -0.3 is 5.32 Å². The SMILES string of the molecule is CCNCC1CCCN(S(=O)(=O)NC2CCC(C)C2)C1. The van der Waals surface area contributed by atoms with E-state index in [0.29, 0.717) is 24.9 Å². The van der Waals surface area contributed by atoms with Crippen molar-refractivity contribution in [3.05, 3.63) is 0 Å². The van der Waals surface area contributed by atoms with Crippen molar-refractivity contribution in [2.75, 3.05) is 26.2 Å². The second-order valence-corrected chi connectivity index (χ2v) is 8.11. The number of hydrogen-bond acceptors (Lipinski definition) is 3. The summed E-state index contributed by atoms with van der Waals surface area (Å²) in [5.74, 6) is 1.09. The van der Waals surface area contributed by atoms with Crippen LogP contribution in [0.5, 0.6) is 0 Å². The van der Waals surface area contributed by atoms with Crippen LogP contribution in [-0.2, 0) is 10.2 Å². The van der Waals surface area contributed by atoms with Gasteiger partial charge in [0, 0.05) is 19.1 Å². The second-order valence-electron chi connectivity index (χ2n) is 6.41. The number of nitrogens with one attached hydrogen (secondary N) is 2. The lowest BCUT2D eigenvalue weighted by Gasteiger charge is -2.32. The van der Waals surface area contributed by atoms with Crippen LogP contribution in [0.1, 0.15) is 46.0 Å². The normalized spacial score (nSPS) is 32.6. The van der Waals surface area contributed by atoms with Crippen molar-refractivity contribution < 1.29 is 8.42 Å². The fourth-order valence-electron chi connectivity index (χ4n) is 3.36. The second kappa shape index (κ2) is 7.20. The minimum Gasteiger partial charge on any atom is -0.317 e. The summed E-state index contributed by atoms with van der Waals surface area (Å²) in [5, 5.41) is 3.33. The number of rotatable bonds is 6. The van der Waals surface area contributed by atoms with E-state index in [9.17, 15) is 8.42 Å². The Bertz CT molecular complexity index is 399. The lowest BCUT2D eigenvalue weighted by atomic mass is 10.00. The minimum atomic E-state index is -3.29. The van der Waals surface area contributed by atoms with E-state index >= 15 is 0 Å². The molecule has 2 fully saturated rings. The molecule has 1 saturated carbocycles. The van der Waals surface area contributed by atoms with Gasteiger partial charge in [0.1, 0.15) is 0 Å². The Kier molecular flexibility index (Phi) is 5.84. The van der Waals surface area contributed by atoms with Crippen molar-refractivity contribution in [1.29, 1.82) is 0 Å². The molecule has 0 aromatic carbocycles. The quantitative estimate of drug-likeness (QED) is 0.778. The smallest absolute Gasteiger partial charge is 0.279 e. The van der Waals surface area contributed by atoms with E-state index < -0.39 is 10.2 Å². The Balaban J connectivity index is 1.88. The molecule has 3 atom stereocenters. The Labute approximate surface area is 123 Å². The van der Waals surface area contributed by atoms with Gasteiger partial charge in [-0.3, -0.25) is 0 Å². The van der Waals surface area contributed by atoms with Gasteiger partial charge in [-0.1, -0.05) is 13.8 Å². The van der Waals surface area contributed by atoms with Crippen LogP contribution in [0.4, 0.5) is 0 Å². The Morgan fingerprint density at radius 1 is 1.25 bits per heavy atom. The van der Waals surface area contributed by atoms with E-state index in [0.717, 1.165) is 45.2 Å². The first kappa shape index (κ1) is 16.2. The molecule has 0 amide bonds. The van der Waals surface area contributed by atoms with E-state index in [-0.39, 0.29) is 6.04 Å². The number of piperidine rings is 1. The molecule has 1 aliphatic heterocycles. The van der Waals surface area contributed by atoms with E-state index in [2.05, 4.69) is 23.9 Å². The summed E-state index contributed by atoms with van der Waals surface area (Å²) in [6, 6.07) is 0.143. The highest BCUT2D eigenvalue weighted by atomic mass is 32.2. The summed E-state index contributed by atoms with van der Waals surface area (Å²) in [4.78, 5) is 0. The molecule has 1 heterocycles. The number of hydrogen-bond donors (Lipinski definition) is 2. The summed E-state index contributed by atoms with van der Waals surface area (Å²) in [5.41, 5.74) is 0. The largest absolute Gasteiger partial charge is 0.317 e. The maximum Gasteiger partial charge on any atom is 0.279 e. The average molecular weight is 303 g/mol. The summed E-state index contributed by atoms with van der Waals surface area (Å²) in [6.45, 7) is 7.47. The molecule has 118 valence electrons. The summed E-state index contributed by atoms with van der Waals surface area (Å²) >= 11 is 0. The fraction of sp³-hybridized carbons (Fsp3) is 1.00. The lowest BCUT2D eigenvalue weighted by Crippen LogP contribution is -2.49. The van der Waals surface area contributed by atoms with Crippen LogP contribution < -0.4 is 10.0 Å². The minimum absolute atomic E-state index is 0.143. The molecule has 0 aromatic rings. The topological polar surface area (TPSA) is 61.4 Å². The van der Waals surface area contributed by atoms with Crippen molar-refractivity contribution >= 4 is 10.2 Å². The third-order valence-electron chi connectivity index (χ3n) is 4.52. The molecule has 1 saturated heterocycles. The third-order valence-corrected chi connectivity index (χ3v) is 6.16. The van der Waals surface area contributed by atoms with Crippen LogP contribution in [0.15, 0.2) is 0 Å². The molecule has 0 bridgehead atoms. The molecule has 2 aliphatic rings. The van der Waals surface area contributed by atoms with Crippen molar-refractivity contribution in [3.63, 3.8) is 0 Å². The summed E-state index contributed by atoms with van der Waals surface area (Å²) in [7, 11) is -3.29. The van der Waals surface area contributed by atoms with Crippen LogP contribution in [-0.4, -0.2) is 44.9 Å². The first-order chi connectivity index (χ1) is 9.51. The number of nitrogens with zero attached hydrogens (tertiary/aromatic N) is 1. The van der Waals surface area contributed by atoms with Crippen LogP contribution in [0.3, 0.4) is 0 Å². The standard InChI is InChI=1S/C14H29N3O2S/c1-3-15-10-13-5-4-8-17(11-13)20(18,19)16-14-7-6-12(2)9-14/h12-16H,3-11H2,1-2H3. The van der Waals surface area contributed by atoms with Crippen LogP contribution in [0.2, 0.25) is 0 Å². The van der Waals surface area contributed by atoms with Gasteiger partial charge in [-0.05, 0) is 57.0 Å². The van der Waals surface area contributed by atoms with Gasteiger partial charge >= 0.3 is 0 Å². The van der Waals surface area contributed by atoms with Gasteiger partial charge in [0.25, 0.3) is 10.2 Å². The molecule has 0 radical (unpaired) electrons. The van der Waals surface area contributed by atoms with Gasteiger partial charge in [0.15, 0.2) is 0 Å². The van der Waals surface area contributed by atoms with Crippen LogP contribution >= 0.6 is 0 Å². The van der Waals surface area contributed by atoms with Crippen molar-refractivity contribution in [1.82, 2.24) is 14.3 Å². The van der Waals surface area contributed by atoms with E-state index in [1.807, 2.05) is 0 Å². The van der Waals surface area contributed by atoms with E-state index in [4.69, 9.17) is 0 Å². The molecular weight excluding hydrogens is 274 g/mol. The van der Waals surface area contributed by atoms with Gasteiger partial charge in [-0.2, -0.15) is 17.4 Å². The predicted octanol–water partition coefficient (Wildman–Crippen LogP) is 1.33. The maximum atomic E-state index is 12.5. The molecule has 3 unspecified atom stereocenters. The molecular formula is C14H29N3O2S. The molecule has 2 N–H and O–H groups in total. The van der Waals surface area contributed by atoms with Crippen molar-refractivity contribution in [2.24, 2.45) is 11.8 Å². The molecule has 0 spiro atoms. The van der Waals surface area contributed by atoms with Gasteiger partial charge in [0.2, 0.25) is 0 Å². The molecule has 6 heteroatoms. The predicted molar refractivity (Wildman–Crippen MR) is 81.7 cm³/mol. The Morgan fingerprint density at radius 3 is 2.70 bits per heavy atom. The summed E-state index contributed by atoms with van der Waals surface area (Å²) in [6.07, 6.45) is 5.19. The molecule has 0 aromatic heterocycles. The van der Waals surface area contributed by atoms with E-state index in [1.54, 1.807) is 4.31 Å². The van der Waals surface area contributed by atoms with Gasteiger partial charge in [0.05, 0.1) is 0 Å². The fourth-order valence-corrected chi connectivity index (χ4v) is 4.92. The zero-order valence-corrected chi connectivity index (χ0v) is 13.6. The zero-order chi connectivity index (χ0) is 14.6. The zero-order valence-electron chi connectivity index (χ0n) is 12.8. The van der Waals surface area contributed by atoms with Crippen molar-refractivity contribution in [3.8, 4) is 0 Å². The van der Waals surface area contributed by atoms with Crippen molar-refractivity contribution in [2.45, 2.75) is 52.0 Å². The van der Waals surface area contributed by atoms with Crippen LogP contribution in [0, 0.1) is 11.8 Å². The maximum absolute atomic E-state index is 12.5. The molecule has 2 rings (SSSR count). The Morgan fingerprint density at radius 2 is 2.05 bits per heavy atom. The third kappa shape index (κ3) is 4.41. The van der Waals surface area contributed by atoms with Crippen LogP contribution in [0.25, 0.3) is 0 Å². The summed E-state index contributed by atoms with van der Waals surface area (Å²) < 4.78 is 29.5. The first-order valence-electron chi connectivity index (χ1n) is 7.99. The highest BCUT2D eigenvalue weighted by Crippen LogP contribution is 2.26. The molecule has 1 aliphatic carbocycles. The highest BCUT2D eigenvalue weighted by molar-refractivity contribution is 7.87. The molecule has 20 heavy (non-hydrogen) atoms. The van der Waals surface area contributed by atoms with Gasteiger partial charge in [-0.15, -0.1) is 0 Å². The average Bonchev–Trinajstić information content (AvgIpc) is 2.81. The lowest BCUT2D eigenvalue weighted by molar-refractivity contribution is 0.257.